The van der Waals surface area contributed by atoms with Crippen LogP contribution in [0, 0.1) is 10.1 Å². The first-order chi connectivity index (χ1) is 9.72. The van der Waals surface area contributed by atoms with Gasteiger partial charge in [0, 0.05) is 6.07 Å². The number of hydrazone groups is 1. The smallest absolute Gasteiger partial charge is 0.323 e. The molecule has 0 aliphatic heterocycles. The minimum atomic E-state index is -0.422. The number of hydrogen-bond acceptors (Lipinski definition) is 6. The molecule has 8 heteroatoms. The SMILES string of the molecule is O=[N+]([O-])c1ccc(/C=N\Nc2nc3ccccc3[nH]2)s1. The Bertz CT molecular complexity index is 759. The summed E-state index contributed by atoms with van der Waals surface area (Å²) in [5.41, 5.74) is 4.52. The highest BCUT2D eigenvalue weighted by Crippen LogP contribution is 2.22. The Morgan fingerprint density at radius 3 is 2.95 bits per heavy atom. The number of nitrogens with one attached hydrogen (secondary N) is 2. The number of rotatable bonds is 4. The summed E-state index contributed by atoms with van der Waals surface area (Å²) < 4.78 is 0. The van der Waals surface area contributed by atoms with E-state index in [0.29, 0.717) is 10.8 Å². The Kier molecular flexibility index (Phi) is 3.13. The van der Waals surface area contributed by atoms with Crippen molar-refractivity contribution in [3.8, 4) is 0 Å². The minimum absolute atomic E-state index is 0.0928. The van der Waals surface area contributed by atoms with Crippen molar-refractivity contribution in [2.45, 2.75) is 0 Å². The molecule has 0 aliphatic rings. The van der Waals surface area contributed by atoms with Gasteiger partial charge in [-0.3, -0.25) is 10.1 Å². The molecule has 100 valence electrons. The molecule has 3 rings (SSSR count). The van der Waals surface area contributed by atoms with E-state index in [1.54, 1.807) is 6.07 Å². The summed E-state index contributed by atoms with van der Waals surface area (Å²) >= 11 is 1.06. The van der Waals surface area contributed by atoms with E-state index in [2.05, 4.69) is 20.5 Å². The lowest BCUT2D eigenvalue weighted by atomic mass is 10.3. The first-order valence-electron chi connectivity index (χ1n) is 5.70. The van der Waals surface area contributed by atoms with Crippen LogP contribution in [0.4, 0.5) is 10.9 Å². The van der Waals surface area contributed by atoms with Crippen LogP contribution < -0.4 is 5.43 Å². The minimum Gasteiger partial charge on any atom is -0.323 e. The van der Waals surface area contributed by atoms with E-state index in [4.69, 9.17) is 0 Å². The van der Waals surface area contributed by atoms with Crippen LogP contribution in [0.5, 0.6) is 0 Å². The molecule has 0 aliphatic carbocycles. The Balaban J connectivity index is 1.71. The molecule has 0 saturated carbocycles. The van der Waals surface area contributed by atoms with Gasteiger partial charge in [0.25, 0.3) is 0 Å². The number of H-pyrrole nitrogens is 1. The molecule has 20 heavy (non-hydrogen) atoms. The van der Waals surface area contributed by atoms with Crippen LogP contribution in [0.1, 0.15) is 4.88 Å². The molecule has 0 spiro atoms. The summed E-state index contributed by atoms with van der Waals surface area (Å²) in [5, 5.41) is 14.6. The average molecular weight is 287 g/mol. The van der Waals surface area contributed by atoms with Crippen molar-refractivity contribution in [2.24, 2.45) is 5.10 Å². The number of nitro groups is 1. The van der Waals surface area contributed by atoms with Crippen LogP contribution in [-0.4, -0.2) is 21.1 Å². The predicted molar refractivity (Wildman–Crippen MR) is 78.3 cm³/mol. The number of nitrogens with zero attached hydrogens (tertiary/aromatic N) is 3. The number of aromatic nitrogens is 2. The van der Waals surface area contributed by atoms with Crippen molar-refractivity contribution in [3.63, 3.8) is 0 Å². The van der Waals surface area contributed by atoms with Crippen molar-refractivity contribution in [2.75, 3.05) is 5.43 Å². The zero-order valence-corrected chi connectivity index (χ0v) is 10.9. The monoisotopic (exact) mass is 287 g/mol. The van der Waals surface area contributed by atoms with Crippen molar-refractivity contribution >= 4 is 39.5 Å². The van der Waals surface area contributed by atoms with E-state index < -0.39 is 4.92 Å². The lowest BCUT2D eigenvalue weighted by Gasteiger charge is -1.91. The molecule has 2 N–H and O–H groups in total. The van der Waals surface area contributed by atoms with Crippen LogP contribution in [0.3, 0.4) is 0 Å². The molecule has 0 fully saturated rings. The lowest BCUT2D eigenvalue weighted by molar-refractivity contribution is -0.380. The highest BCUT2D eigenvalue weighted by atomic mass is 32.1. The highest BCUT2D eigenvalue weighted by Gasteiger charge is 2.07. The first kappa shape index (κ1) is 12.3. The molecule has 2 heterocycles. The van der Waals surface area contributed by atoms with E-state index in [0.717, 1.165) is 22.4 Å². The maximum Gasteiger partial charge on any atom is 0.324 e. The number of imidazole rings is 1. The van der Waals surface area contributed by atoms with Gasteiger partial charge >= 0.3 is 5.00 Å². The molecule has 7 nitrogen and oxygen atoms in total. The summed E-state index contributed by atoms with van der Waals surface area (Å²) in [6.45, 7) is 0. The molecule has 2 aromatic heterocycles. The second-order valence-electron chi connectivity index (χ2n) is 3.91. The topological polar surface area (TPSA) is 96.2 Å². The lowest BCUT2D eigenvalue weighted by Crippen LogP contribution is -1.90. The van der Waals surface area contributed by atoms with Gasteiger partial charge < -0.3 is 4.98 Å². The van der Waals surface area contributed by atoms with E-state index in [-0.39, 0.29) is 5.00 Å². The second-order valence-corrected chi connectivity index (χ2v) is 5.00. The van der Waals surface area contributed by atoms with Gasteiger partial charge in [-0.05, 0) is 18.2 Å². The van der Waals surface area contributed by atoms with E-state index in [9.17, 15) is 10.1 Å². The average Bonchev–Trinajstić information content (AvgIpc) is 3.04. The largest absolute Gasteiger partial charge is 0.324 e. The van der Waals surface area contributed by atoms with Gasteiger partial charge in [-0.25, -0.2) is 10.4 Å². The Labute approximate surface area is 117 Å². The van der Waals surface area contributed by atoms with Gasteiger partial charge in [0.15, 0.2) is 0 Å². The summed E-state index contributed by atoms with van der Waals surface area (Å²) in [6, 6.07) is 10.7. The molecule has 0 amide bonds. The molecule has 0 atom stereocenters. The summed E-state index contributed by atoms with van der Waals surface area (Å²) in [7, 11) is 0. The predicted octanol–water partition coefficient (Wildman–Crippen LogP) is 2.98. The third-order valence-corrected chi connectivity index (χ3v) is 3.52. The van der Waals surface area contributed by atoms with E-state index in [1.807, 2.05) is 24.3 Å². The van der Waals surface area contributed by atoms with Crippen molar-refractivity contribution in [1.82, 2.24) is 9.97 Å². The highest BCUT2D eigenvalue weighted by molar-refractivity contribution is 7.16. The van der Waals surface area contributed by atoms with Gasteiger partial charge in [0.05, 0.1) is 27.0 Å². The number of fused-ring (bicyclic) bond motifs is 1. The Hall–Kier alpha value is -2.74. The van der Waals surface area contributed by atoms with E-state index >= 15 is 0 Å². The third kappa shape index (κ3) is 2.50. The Morgan fingerprint density at radius 1 is 1.35 bits per heavy atom. The van der Waals surface area contributed by atoms with Crippen LogP contribution >= 0.6 is 11.3 Å². The molecule has 0 bridgehead atoms. The second kappa shape index (κ2) is 5.10. The molecular weight excluding hydrogens is 278 g/mol. The maximum absolute atomic E-state index is 10.5. The number of para-hydroxylation sites is 2. The number of aromatic amines is 1. The van der Waals surface area contributed by atoms with Crippen LogP contribution in [0.2, 0.25) is 0 Å². The zero-order chi connectivity index (χ0) is 13.9. The number of thiophene rings is 1. The molecule has 0 unspecified atom stereocenters. The fourth-order valence-corrected chi connectivity index (χ4v) is 2.37. The van der Waals surface area contributed by atoms with Crippen LogP contribution in [0.15, 0.2) is 41.5 Å². The third-order valence-electron chi connectivity index (χ3n) is 2.54. The molecule has 0 radical (unpaired) electrons. The van der Waals surface area contributed by atoms with Gasteiger partial charge in [-0.2, -0.15) is 5.10 Å². The summed E-state index contributed by atoms with van der Waals surface area (Å²) in [6.07, 6.45) is 1.52. The number of hydrogen-bond donors (Lipinski definition) is 2. The normalized spacial score (nSPS) is 11.2. The van der Waals surface area contributed by atoms with Crippen LogP contribution in [-0.2, 0) is 0 Å². The van der Waals surface area contributed by atoms with Crippen LogP contribution in [0.25, 0.3) is 11.0 Å². The first-order valence-corrected chi connectivity index (χ1v) is 6.52. The standard InChI is InChI=1S/C12H9N5O2S/c18-17(19)11-6-5-8(20-11)7-13-16-12-14-9-3-1-2-4-10(9)15-12/h1-7H,(H2,14,15,16)/b13-7-. The Morgan fingerprint density at radius 2 is 2.20 bits per heavy atom. The van der Waals surface area contributed by atoms with Gasteiger partial charge in [0.2, 0.25) is 5.95 Å². The molecule has 3 aromatic rings. The van der Waals surface area contributed by atoms with Crippen molar-refractivity contribution in [3.05, 3.63) is 51.4 Å². The molecular formula is C12H9N5O2S. The number of anilines is 1. The van der Waals surface area contributed by atoms with Crippen molar-refractivity contribution < 1.29 is 4.92 Å². The van der Waals surface area contributed by atoms with Gasteiger partial charge in [-0.1, -0.05) is 23.5 Å². The fraction of sp³-hybridized carbons (Fsp3) is 0. The maximum atomic E-state index is 10.5. The van der Waals surface area contributed by atoms with Crippen molar-refractivity contribution in [1.29, 1.82) is 0 Å². The summed E-state index contributed by atoms with van der Waals surface area (Å²) in [5.74, 6) is 0.522. The van der Waals surface area contributed by atoms with E-state index in [1.165, 1.54) is 12.3 Å². The molecule has 0 saturated heterocycles. The molecule has 1 aromatic carbocycles. The fourth-order valence-electron chi connectivity index (χ4n) is 1.67. The summed E-state index contributed by atoms with van der Waals surface area (Å²) in [4.78, 5) is 18.2. The van der Waals surface area contributed by atoms with Gasteiger partial charge in [0.1, 0.15) is 0 Å². The zero-order valence-electron chi connectivity index (χ0n) is 10.1. The quantitative estimate of drug-likeness (QED) is 0.438. The van der Waals surface area contributed by atoms with Gasteiger partial charge in [-0.15, -0.1) is 0 Å². The number of benzene rings is 1.